The molecule has 1 nitrogen and oxygen atoms in total. The third-order valence-electron chi connectivity index (χ3n) is 8.81. The summed E-state index contributed by atoms with van der Waals surface area (Å²) in [6.07, 6.45) is 13.7. The molecule has 0 spiro atoms. The summed E-state index contributed by atoms with van der Waals surface area (Å²) in [6.45, 7) is 9.93. The zero-order valence-corrected chi connectivity index (χ0v) is 16.2. The van der Waals surface area contributed by atoms with E-state index in [0.29, 0.717) is 10.8 Å². The number of allylic oxidation sites excluding steroid dienone is 4. The standard InChI is InChI=1S/C23H36O/c1-5-15(2)19-8-9-20-18-7-6-16-14-17(24)10-12-22(16,3)21(18)11-13-23(19,20)4/h9,15-17,19,24H,5-8,10-14H2,1-4H3/p+1/t15-,16?,17?,19-,22+,23-/m1/s1. The third-order valence-corrected chi connectivity index (χ3v) is 8.81. The van der Waals surface area contributed by atoms with Crippen molar-refractivity contribution >= 4 is 0 Å². The summed E-state index contributed by atoms with van der Waals surface area (Å²) in [5.74, 6) is 2.41. The number of aliphatic hydroxyl groups is 1. The Kier molecular flexibility index (Phi) is 4.03. The zero-order chi connectivity index (χ0) is 17.1. The minimum Gasteiger partial charge on any atom is -0.393 e. The zero-order valence-electron chi connectivity index (χ0n) is 17.2. The highest BCUT2D eigenvalue weighted by Crippen LogP contribution is 2.64. The Hall–Kier alpha value is -0.560. The molecule has 2 unspecified atom stereocenters. The fourth-order valence-corrected chi connectivity index (χ4v) is 7.01. The van der Waals surface area contributed by atoms with Crippen molar-refractivity contribution in [2.24, 2.45) is 28.6 Å². The smallest absolute Gasteiger partial charge is 0.393 e. The summed E-state index contributed by atoms with van der Waals surface area (Å²) in [6, 6.07) is 0. The van der Waals surface area contributed by atoms with Gasteiger partial charge in [0.2, 0.25) is 0 Å². The minimum atomic E-state index is -0.0421. The summed E-state index contributed by atoms with van der Waals surface area (Å²) < 4.78 is 0. The monoisotopic (exact) mass is 329 g/mol. The first-order valence-corrected chi connectivity index (χ1v) is 10.5. The molecule has 4 aliphatic carbocycles. The molecular formula is C23H37O+. The Bertz CT molecular complexity index is 591. The van der Waals surface area contributed by atoms with Gasteiger partial charge in [-0.25, -0.2) is 0 Å². The van der Waals surface area contributed by atoms with Crippen LogP contribution in [0.3, 0.4) is 0 Å². The van der Waals surface area contributed by atoms with Gasteiger partial charge >= 0.3 is 1.43 Å². The predicted octanol–water partition coefficient (Wildman–Crippen LogP) is 6.15. The van der Waals surface area contributed by atoms with E-state index in [4.69, 9.17) is 0 Å². The van der Waals surface area contributed by atoms with Crippen LogP contribution in [0, 0.1) is 28.6 Å². The molecule has 134 valence electrons. The maximum Gasteiger partial charge on any atom is 1.00 e. The van der Waals surface area contributed by atoms with Crippen molar-refractivity contribution in [3.05, 3.63) is 22.8 Å². The molecule has 4 rings (SSSR count). The molecule has 1 fully saturated rings. The number of rotatable bonds is 2. The Labute approximate surface area is 150 Å². The molecule has 0 aromatic rings. The maximum absolute atomic E-state index is 10.1. The van der Waals surface area contributed by atoms with E-state index >= 15 is 0 Å². The maximum atomic E-state index is 10.1. The molecule has 6 atom stereocenters. The molecule has 24 heavy (non-hydrogen) atoms. The van der Waals surface area contributed by atoms with E-state index < -0.39 is 0 Å². The lowest BCUT2D eigenvalue weighted by Gasteiger charge is -2.53. The van der Waals surface area contributed by atoms with Gasteiger partial charge in [0.15, 0.2) is 0 Å². The van der Waals surface area contributed by atoms with E-state index in [1.165, 1.54) is 44.9 Å². The van der Waals surface area contributed by atoms with Crippen LogP contribution in [0.15, 0.2) is 22.8 Å². The average molecular weight is 330 g/mol. The normalized spacial score (nSPS) is 46.0. The minimum absolute atomic E-state index is 0. The van der Waals surface area contributed by atoms with Gasteiger partial charge in [0, 0.05) is 0 Å². The van der Waals surface area contributed by atoms with Crippen LogP contribution in [-0.2, 0) is 0 Å². The van der Waals surface area contributed by atoms with Crippen LogP contribution in [0.25, 0.3) is 0 Å². The number of hydrogen-bond acceptors (Lipinski definition) is 1. The summed E-state index contributed by atoms with van der Waals surface area (Å²) in [4.78, 5) is 0. The van der Waals surface area contributed by atoms with Gasteiger partial charge < -0.3 is 5.11 Å². The first kappa shape index (κ1) is 16.9. The Morgan fingerprint density at radius 3 is 2.75 bits per heavy atom. The van der Waals surface area contributed by atoms with Crippen LogP contribution in [0.2, 0.25) is 0 Å². The topological polar surface area (TPSA) is 20.2 Å². The number of hydrogen-bond donors (Lipinski definition) is 1. The average Bonchev–Trinajstić information content (AvgIpc) is 2.92. The van der Waals surface area contributed by atoms with Crippen molar-refractivity contribution in [3.8, 4) is 0 Å². The van der Waals surface area contributed by atoms with Crippen LogP contribution < -0.4 is 0 Å². The van der Waals surface area contributed by atoms with Crippen LogP contribution in [-0.4, -0.2) is 11.2 Å². The number of fused-ring (bicyclic) bond motifs is 4. The summed E-state index contributed by atoms with van der Waals surface area (Å²) >= 11 is 0. The van der Waals surface area contributed by atoms with Crippen LogP contribution >= 0.6 is 0 Å². The highest BCUT2D eigenvalue weighted by molar-refractivity contribution is 5.49. The van der Waals surface area contributed by atoms with Gasteiger partial charge in [0.25, 0.3) is 0 Å². The first-order valence-electron chi connectivity index (χ1n) is 10.5. The summed E-state index contributed by atoms with van der Waals surface area (Å²) in [5.41, 5.74) is 6.14. The molecule has 4 aliphatic rings. The second-order valence-electron chi connectivity index (χ2n) is 9.80. The Balaban J connectivity index is 0.00000182. The molecule has 0 bridgehead atoms. The van der Waals surface area contributed by atoms with E-state index in [2.05, 4.69) is 33.8 Å². The lowest BCUT2D eigenvalue weighted by Crippen LogP contribution is -2.44. The highest BCUT2D eigenvalue weighted by atomic mass is 16.3. The van der Waals surface area contributed by atoms with Crippen molar-refractivity contribution in [2.45, 2.75) is 91.6 Å². The molecule has 1 N–H and O–H groups in total. The SMILES string of the molecule is CC[C@@H](C)[C@H]1CC=C2C3=C(CC[C@@]21C)[C@@]1(C)CCC(O)CC1CC3.[H+]. The molecule has 0 aromatic carbocycles. The van der Waals surface area contributed by atoms with Crippen molar-refractivity contribution in [1.82, 2.24) is 0 Å². The molecule has 0 amide bonds. The molecule has 0 aromatic heterocycles. The van der Waals surface area contributed by atoms with Gasteiger partial charge in [-0.3, -0.25) is 0 Å². The molecule has 1 saturated carbocycles. The van der Waals surface area contributed by atoms with Crippen molar-refractivity contribution < 1.29 is 6.53 Å². The molecule has 0 saturated heterocycles. The van der Waals surface area contributed by atoms with Gasteiger partial charge in [-0.05, 0) is 91.1 Å². The quantitative estimate of drug-likeness (QED) is 0.644. The largest absolute Gasteiger partial charge is 1.00 e. The van der Waals surface area contributed by atoms with Gasteiger partial charge in [-0.1, -0.05) is 45.8 Å². The summed E-state index contributed by atoms with van der Waals surface area (Å²) in [7, 11) is 0. The molecule has 0 radical (unpaired) electrons. The lowest BCUT2D eigenvalue weighted by molar-refractivity contribution is 0.0226. The molecule has 0 aliphatic heterocycles. The second kappa shape index (κ2) is 5.73. The summed E-state index contributed by atoms with van der Waals surface area (Å²) in [5, 5.41) is 10.1. The van der Waals surface area contributed by atoms with Crippen LogP contribution in [0.4, 0.5) is 0 Å². The fraction of sp³-hybridized carbons (Fsp3) is 0.826. The van der Waals surface area contributed by atoms with Gasteiger partial charge in [-0.15, -0.1) is 0 Å². The van der Waals surface area contributed by atoms with E-state index in [9.17, 15) is 5.11 Å². The first-order chi connectivity index (χ1) is 11.4. The molecule has 0 heterocycles. The Morgan fingerprint density at radius 2 is 2.00 bits per heavy atom. The van der Waals surface area contributed by atoms with Gasteiger partial charge in [0.1, 0.15) is 0 Å². The molecule has 1 heteroatoms. The molecular weight excluding hydrogens is 292 g/mol. The predicted molar refractivity (Wildman–Crippen MR) is 102 cm³/mol. The second-order valence-corrected chi connectivity index (χ2v) is 9.80. The lowest BCUT2D eigenvalue weighted by atomic mass is 9.51. The van der Waals surface area contributed by atoms with Crippen molar-refractivity contribution in [1.29, 1.82) is 0 Å². The number of aliphatic hydroxyl groups excluding tert-OH is 1. The van der Waals surface area contributed by atoms with Gasteiger partial charge in [0.05, 0.1) is 6.10 Å². The van der Waals surface area contributed by atoms with E-state index in [1.54, 1.807) is 16.7 Å². The fourth-order valence-electron chi connectivity index (χ4n) is 7.01. The van der Waals surface area contributed by atoms with Crippen LogP contribution in [0.5, 0.6) is 0 Å². The van der Waals surface area contributed by atoms with Crippen molar-refractivity contribution in [3.63, 3.8) is 0 Å². The highest BCUT2D eigenvalue weighted by Gasteiger charge is 2.52. The van der Waals surface area contributed by atoms with E-state index in [1.807, 2.05) is 0 Å². The third kappa shape index (κ3) is 2.23. The van der Waals surface area contributed by atoms with Crippen LogP contribution in [0.1, 0.15) is 86.9 Å². The van der Waals surface area contributed by atoms with E-state index in [-0.39, 0.29) is 7.53 Å². The Morgan fingerprint density at radius 1 is 1.21 bits per heavy atom. The van der Waals surface area contributed by atoms with Gasteiger partial charge in [-0.2, -0.15) is 0 Å². The van der Waals surface area contributed by atoms with Crippen molar-refractivity contribution in [2.75, 3.05) is 0 Å². The van der Waals surface area contributed by atoms with E-state index in [0.717, 1.165) is 30.6 Å².